The molecule has 0 saturated heterocycles. The number of nitrogens with zero attached hydrogens (tertiary/aromatic N) is 2. The van der Waals surface area contributed by atoms with E-state index in [0.717, 1.165) is 28.8 Å². The summed E-state index contributed by atoms with van der Waals surface area (Å²) in [5, 5.41) is 1.11. The van der Waals surface area contributed by atoms with Gasteiger partial charge in [-0.25, -0.2) is 4.98 Å². The number of rotatable bonds is 4. The fourth-order valence-corrected chi connectivity index (χ4v) is 2.68. The summed E-state index contributed by atoms with van der Waals surface area (Å²) in [5.74, 6) is 1.43. The lowest BCUT2D eigenvalue weighted by atomic mass is 9.91. The third-order valence-corrected chi connectivity index (χ3v) is 4.26. The van der Waals surface area contributed by atoms with E-state index in [4.69, 9.17) is 10.5 Å². The van der Waals surface area contributed by atoms with Gasteiger partial charge < -0.3 is 10.5 Å². The number of hydrogen-bond donors (Lipinski definition) is 1. The van der Waals surface area contributed by atoms with Crippen LogP contribution in [0, 0.1) is 0 Å². The maximum absolute atomic E-state index is 6.11. The SMILES string of the molecule is COc1ccc2cc(CN(C)C3CCC3)c(N)nc2c1. The Hall–Kier alpha value is -1.81. The van der Waals surface area contributed by atoms with Crippen LogP contribution in [-0.2, 0) is 6.54 Å². The van der Waals surface area contributed by atoms with Crippen LogP contribution < -0.4 is 10.5 Å². The monoisotopic (exact) mass is 271 g/mol. The van der Waals surface area contributed by atoms with Gasteiger partial charge in [0.1, 0.15) is 11.6 Å². The molecule has 0 atom stereocenters. The van der Waals surface area contributed by atoms with Crippen molar-refractivity contribution in [1.29, 1.82) is 0 Å². The number of methoxy groups -OCH3 is 1. The largest absolute Gasteiger partial charge is 0.497 e. The van der Waals surface area contributed by atoms with E-state index in [2.05, 4.69) is 23.0 Å². The molecule has 106 valence electrons. The number of nitrogen functional groups attached to an aromatic ring is 1. The lowest BCUT2D eigenvalue weighted by molar-refractivity contribution is 0.153. The maximum Gasteiger partial charge on any atom is 0.128 e. The average Bonchev–Trinajstić information content (AvgIpc) is 2.37. The third kappa shape index (κ3) is 2.43. The standard InChI is InChI=1S/C16H21N3O/c1-19(13-4-3-5-13)10-12-8-11-6-7-14(20-2)9-15(11)18-16(12)17/h6-9,13H,3-5,10H2,1-2H3,(H2,17,18). The van der Waals surface area contributed by atoms with Gasteiger partial charge in [0.2, 0.25) is 0 Å². The number of fused-ring (bicyclic) bond motifs is 1. The van der Waals surface area contributed by atoms with Crippen LogP contribution in [0.1, 0.15) is 24.8 Å². The molecule has 1 aliphatic carbocycles. The average molecular weight is 271 g/mol. The molecular weight excluding hydrogens is 250 g/mol. The fraction of sp³-hybridized carbons (Fsp3) is 0.438. The Labute approximate surface area is 119 Å². The summed E-state index contributed by atoms with van der Waals surface area (Å²) in [6, 6.07) is 8.77. The van der Waals surface area contributed by atoms with Crippen molar-refractivity contribution >= 4 is 16.7 Å². The van der Waals surface area contributed by atoms with Crippen LogP contribution >= 0.6 is 0 Å². The van der Waals surface area contributed by atoms with E-state index >= 15 is 0 Å². The van der Waals surface area contributed by atoms with Gasteiger partial charge in [0.25, 0.3) is 0 Å². The molecule has 0 spiro atoms. The minimum atomic E-state index is 0.622. The van der Waals surface area contributed by atoms with E-state index in [9.17, 15) is 0 Å². The Morgan fingerprint density at radius 2 is 2.15 bits per heavy atom. The molecule has 1 aromatic heterocycles. The van der Waals surface area contributed by atoms with E-state index in [0.29, 0.717) is 11.9 Å². The van der Waals surface area contributed by atoms with Gasteiger partial charge in [-0.15, -0.1) is 0 Å². The Balaban J connectivity index is 1.89. The number of aromatic nitrogens is 1. The summed E-state index contributed by atoms with van der Waals surface area (Å²) in [6.45, 7) is 0.867. The Morgan fingerprint density at radius 1 is 1.35 bits per heavy atom. The second kappa shape index (κ2) is 5.29. The summed E-state index contributed by atoms with van der Waals surface area (Å²) < 4.78 is 5.22. The minimum Gasteiger partial charge on any atom is -0.497 e. The molecule has 2 N–H and O–H groups in total. The van der Waals surface area contributed by atoms with Crippen molar-refractivity contribution in [1.82, 2.24) is 9.88 Å². The zero-order valence-electron chi connectivity index (χ0n) is 12.1. The minimum absolute atomic E-state index is 0.622. The number of benzene rings is 1. The maximum atomic E-state index is 6.11. The highest BCUT2D eigenvalue weighted by Crippen LogP contribution is 2.27. The highest BCUT2D eigenvalue weighted by Gasteiger charge is 2.22. The van der Waals surface area contributed by atoms with E-state index in [1.807, 2.05) is 18.2 Å². The van der Waals surface area contributed by atoms with Gasteiger partial charge in [0, 0.05) is 29.6 Å². The summed E-state index contributed by atoms with van der Waals surface area (Å²) in [7, 11) is 3.83. The molecule has 1 heterocycles. The lowest BCUT2D eigenvalue weighted by Crippen LogP contribution is -2.36. The number of nitrogens with two attached hydrogens (primary N) is 1. The van der Waals surface area contributed by atoms with Crippen LogP contribution in [-0.4, -0.2) is 30.1 Å². The lowest BCUT2D eigenvalue weighted by Gasteiger charge is -2.34. The van der Waals surface area contributed by atoms with Gasteiger partial charge in [0.15, 0.2) is 0 Å². The Bertz CT molecular complexity index is 622. The van der Waals surface area contributed by atoms with Gasteiger partial charge in [-0.1, -0.05) is 6.42 Å². The third-order valence-electron chi connectivity index (χ3n) is 4.26. The van der Waals surface area contributed by atoms with E-state index in [1.54, 1.807) is 7.11 Å². The van der Waals surface area contributed by atoms with Crippen molar-refractivity contribution in [3.8, 4) is 5.75 Å². The first-order valence-corrected chi connectivity index (χ1v) is 7.11. The molecule has 0 aliphatic heterocycles. The molecular formula is C16H21N3O. The molecule has 3 rings (SSSR count). The first-order valence-electron chi connectivity index (χ1n) is 7.11. The molecule has 0 bridgehead atoms. The number of hydrogen-bond acceptors (Lipinski definition) is 4. The number of ether oxygens (including phenoxy) is 1. The molecule has 0 amide bonds. The molecule has 1 aliphatic rings. The number of pyridine rings is 1. The molecule has 2 aromatic rings. The van der Waals surface area contributed by atoms with Crippen LogP contribution in [0.15, 0.2) is 24.3 Å². The van der Waals surface area contributed by atoms with Gasteiger partial charge >= 0.3 is 0 Å². The fourth-order valence-electron chi connectivity index (χ4n) is 2.68. The molecule has 4 heteroatoms. The molecule has 1 fully saturated rings. The highest BCUT2D eigenvalue weighted by atomic mass is 16.5. The molecule has 4 nitrogen and oxygen atoms in total. The van der Waals surface area contributed by atoms with Gasteiger partial charge in [-0.05, 0) is 38.1 Å². The van der Waals surface area contributed by atoms with Crippen LogP contribution in [0.3, 0.4) is 0 Å². The van der Waals surface area contributed by atoms with Gasteiger partial charge in [0.05, 0.1) is 12.6 Å². The van der Waals surface area contributed by atoms with Crippen molar-refractivity contribution in [2.75, 3.05) is 19.9 Å². The smallest absolute Gasteiger partial charge is 0.128 e. The second-order valence-corrected chi connectivity index (χ2v) is 5.59. The van der Waals surface area contributed by atoms with Crippen LogP contribution in [0.2, 0.25) is 0 Å². The summed E-state index contributed by atoms with van der Waals surface area (Å²) in [4.78, 5) is 6.89. The van der Waals surface area contributed by atoms with Crippen molar-refractivity contribution in [2.24, 2.45) is 0 Å². The van der Waals surface area contributed by atoms with Crippen LogP contribution in [0.4, 0.5) is 5.82 Å². The summed E-state index contributed by atoms with van der Waals surface area (Å²) in [6.07, 6.45) is 3.95. The summed E-state index contributed by atoms with van der Waals surface area (Å²) in [5.41, 5.74) is 8.10. The quantitative estimate of drug-likeness (QED) is 0.929. The van der Waals surface area contributed by atoms with Gasteiger partial charge in [-0.2, -0.15) is 0 Å². The van der Waals surface area contributed by atoms with Crippen LogP contribution in [0.25, 0.3) is 10.9 Å². The molecule has 1 saturated carbocycles. The first kappa shape index (κ1) is 13.2. The predicted octanol–water partition coefficient (Wildman–Crippen LogP) is 2.81. The summed E-state index contributed by atoms with van der Waals surface area (Å²) >= 11 is 0. The van der Waals surface area contributed by atoms with E-state index in [1.165, 1.54) is 19.3 Å². The van der Waals surface area contributed by atoms with Crippen molar-refractivity contribution in [2.45, 2.75) is 31.8 Å². The second-order valence-electron chi connectivity index (χ2n) is 5.59. The normalized spacial score (nSPS) is 15.6. The Morgan fingerprint density at radius 3 is 2.80 bits per heavy atom. The zero-order valence-corrected chi connectivity index (χ0v) is 12.1. The first-order chi connectivity index (χ1) is 9.67. The Kier molecular flexibility index (Phi) is 3.49. The number of anilines is 1. The molecule has 0 unspecified atom stereocenters. The predicted molar refractivity (Wildman–Crippen MR) is 81.8 cm³/mol. The van der Waals surface area contributed by atoms with Gasteiger partial charge in [-0.3, -0.25) is 4.90 Å². The van der Waals surface area contributed by atoms with Crippen LogP contribution in [0.5, 0.6) is 5.75 Å². The molecule has 0 radical (unpaired) electrons. The zero-order chi connectivity index (χ0) is 14.1. The van der Waals surface area contributed by atoms with Crippen molar-refractivity contribution in [3.05, 3.63) is 29.8 Å². The van der Waals surface area contributed by atoms with Crippen molar-refractivity contribution < 1.29 is 4.74 Å². The molecule has 20 heavy (non-hydrogen) atoms. The topological polar surface area (TPSA) is 51.4 Å². The van der Waals surface area contributed by atoms with Crippen molar-refractivity contribution in [3.63, 3.8) is 0 Å². The van der Waals surface area contributed by atoms with E-state index < -0.39 is 0 Å². The van der Waals surface area contributed by atoms with E-state index in [-0.39, 0.29) is 0 Å². The molecule has 1 aromatic carbocycles. The highest BCUT2D eigenvalue weighted by molar-refractivity contribution is 5.82.